The molecule has 0 spiro atoms. The lowest BCUT2D eigenvalue weighted by Gasteiger charge is -2.11. The van der Waals surface area contributed by atoms with Crippen molar-refractivity contribution in [3.05, 3.63) is 55.7 Å². The first-order valence-corrected chi connectivity index (χ1v) is 9.06. The maximum atomic E-state index is 13.2. The van der Waals surface area contributed by atoms with Crippen molar-refractivity contribution in [2.75, 3.05) is 0 Å². The number of nitrogens with one attached hydrogen (secondary N) is 1. The molecule has 0 unspecified atom stereocenters. The van der Waals surface area contributed by atoms with E-state index in [0.717, 1.165) is 20.2 Å². The number of H-pyrrole nitrogens is 1. The van der Waals surface area contributed by atoms with Gasteiger partial charge in [-0.05, 0) is 44.5 Å². The third-order valence-electron chi connectivity index (χ3n) is 3.65. The van der Waals surface area contributed by atoms with Crippen LogP contribution in [-0.4, -0.2) is 9.97 Å². The number of fused-ring (bicyclic) bond motifs is 1. The Morgan fingerprint density at radius 2 is 2.13 bits per heavy atom. The van der Waals surface area contributed by atoms with E-state index in [-0.39, 0.29) is 15.8 Å². The number of benzene rings is 1. The molecule has 3 nitrogen and oxygen atoms in total. The zero-order chi connectivity index (χ0) is 16.7. The molecule has 23 heavy (non-hydrogen) atoms. The number of nitrogens with zero attached hydrogens (tertiary/aromatic N) is 1. The number of halogens is 2. The fourth-order valence-electron chi connectivity index (χ4n) is 2.27. The van der Waals surface area contributed by atoms with E-state index in [0.29, 0.717) is 11.2 Å². The first-order valence-electron chi connectivity index (χ1n) is 6.98. The second kappa shape index (κ2) is 6.26. The lowest BCUT2D eigenvalue weighted by atomic mass is 10.2. The Hall–Kier alpha value is -1.37. The van der Waals surface area contributed by atoms with Gasteiger partial charge in [0, 0.05) is 9.77 Å². The lowest BCUT2D eigenvalue weighted by molar-refractivity contribution is 0.627. The predicted molar refractivity (Wildman–Crippen MR) is 95.4 cm³/mol. The van der Waals surface area contributed by atoms with Crippen LogP contribution in [0, 0.1) is 19.7 Å². The molecule has 0 saturated carbocycles. The average molecular weight is 369 g/mol. The maximum Gasteiger partial charge on any atom is 0.259 e. The molecule has 2 aromatic heterocycles. The Balaban J connectivity index is 1.96. The van der Waals surface area contributed by atoms with Crippen molar-refractivity contribution in [3.8, 4) is 0 Å². The van der Waals surface area contributed by atoms with Crippen molar-refractivity contribution in [3.63, 3.8) is 0 Å². The standard InChI is InChI=1S/C16H14ClFN2OS2/c1-7-8(2)23-16-13(7)15(21)19-14(20-16)9(3)22-10-4-5-12(18)11(17)6-10/h4-6,9H,1-3H3,(H,19,20,21)/t9-/m0/s1. The Morgan fingerprint density at radius 3 is 2.83 bits per heavy atom. The number of hydrogen-bond acceptors (Lipinski definition) is 4. The SMILES string of the molecule is Cc1sc2nc([C@H](C)Sc3ccc(F)c(Cl)c3)[nH]c(=O)c2c1C. The van der Waals surface area contributed by atoms with E-state index in [1.807, 2.05) is 20.8 Å². The van der Waals surface area contributed by atoms with Gasteiger partial charge in [-0.3, -0.25) is 4.79 Å². The molecule has 3 aromatic rings. The van der Waals surface area contributed by atoms with Crippen LogP contribution in [0.2, 0.25) is 5.02 Å². The molecule has 0 bridgehead atoms. The van der Waals surface area contributed by atoms with E-state index in [9.17, 15) is 9.18 Å². The highest BCUT2D eigenvalue weighted by molar-refractivity contribution is 7.99. The van der Waals surface area contributed by atoms with Crippen molar-refractivity contribution in [2.24, 2.45) is 0 Å². The van der Waals surface area contributed by atoms with E-state index < -0.39 is 5.82 Å². The number of thiophene rings is 1. The number of aromatic amines is 1. The summed E-state index contributed by atoms with van der Waals surface area (Å²) in [7, 11) is 0. The fourth-order valence-corrected chi connectivity index (χ4v) is 4.52. The lowest BCUT2D eigenvalue weighted by Crippen LogP contribution is -2.12. The van der Waals surface area contributed by atoms with Crippen LogP contribution in [0.3, 0.4) is 0 Å². The smallest absolute Gasteiger partial charge is 0.259 e. The molecule has 0 fully saturated rings. The quantitative estimate of drug-likeness (QED) is 0.642. The van der Waals surface area contributed by atoms with E-state index >= 15 is 0 Å². The topological polar surface area (TPSA) is 45.8 Å². The molecule has 0 saturated heterocycles. The highest BCUT2D eigenvalue weighted by Crippen LogP contribution is 2.35. The molecular formula is C16H14ClFN2OS2. The Labute approximate surface area is 145 Å². The summed E-state index contributed by atoms with van der Waals surface area (Å²) >= 11 is 8.80. The fraction of sp³-hybridized carbons (Fsp3) is 0.250. The van der Waals surface area contributed by atoms with Gasteiger partial charge in [0.2, 0.25) is 0 Å². The van der Waals surface area contributed by atoms with Gasteiger partial charge in [0.15, 0.2) is 0 Å². The van der Waals surface area contributed by atoms with Gasteiger partial charge >= 0.3 is 0 Å². The largest absolute Gasteiger partial charge is 0.309 e. The normalized spacial score (nSPS) is 12.7. The molecule has 0 radical (unpaired) electrons. The minimum Gasteiger partial charge on any atom is -0.309 e. The van der Waals surface area contributed by atoms with Crippen LogP contribution in [0.1, 0.15) is 28.4 Å². The second-order valence-electron chi connectivity index (χ2n) is 5.25. The molecule has 0 amide bonds. The first-order chi connectivity index (χ1) is 10.9. The number of hydrogen-bond donors (Lipinski definition) is 1. The van der Waals surface area contributed by atoms with Gasteiger partial charge in [-0.15, -0.1) is 23.1 Å². The van der Waals surface area contributed by atoms with Crippen LogP contribution in [0.5, 0.6) is 0 Å². The van der Waals surface area contributed by atoms with E-state index in [2.05, 4.69) is 9.97 Å². The average Bonchev–Trinajstić information content (AvgIpc) is 2.78. The molecule has 0 aliphatic heterocycles. The first kappa shape index (κ1) is 16.5. The Kier molecular flexibility index (Phi) is 4.49. The van der Waals surface area contributed by atoms with E-state index in [4.69, 9.17) is 11.6 Å². The summed E-state index contributed by atoms with van der Waals surface area (Å²) in [6.45, 7) is 5.86. The van der Waals surface area contributed by atoms with Gasteiger partial charge in [-0.25, -0.2) is 9.37 Å². The molecular weight excluding hydrogens is 355 g/mol. The second-order valence-corrected chi connectivity index (χ2v) is 8.28. The molecule has 3 rings (SSSR count). The van der Waals surface area contributed by atoms with Crippen LogP contribution >= 0.6 is 34.7 Å². The molecule has 120 valence electrons. The molecule has 1 aromatic carbocycles. The minimum atomic E-state index is -0.443. The van der Waals surface area contributed by atoms with Gasteiger partial charge in [-0.2, -0.15) is 0 Å². The highest BCUT2D eigenvalue weighted by Gasteiger charge is 2.16. The van der Waals surface area contributed by atoms with Crippen molar-refractivity contribution in [1.29, 1.82) is 0 Å². The summed E-state index contributed by atoms with van der Waals surface area (Å²) in [5.74, 6) is 0.162. The predicted octanol–water partition coefficient (Wildman–Crippen LogP) is 5.25. The molecule has 1 N–H and O–H groups in total. The van der Waals surface area contributed by atoms with Gasteiger partial charge in [0.05, 0.1) is 15.7 Å². The van der Waals surface area contributed by atoms with Crippen LogP contribution in [0.4, 0.5) is 4.39 Å². The maximum absolute atomic E-state index is 13.2. The summed E-state index contributed by atoms with van der Waals surface area (Å²) in [5, 5.41) is 0.665. The van der Waals surface area contributed by atoms with Crippen molar-refractivity contribution < 1.29 is 4.39 Å². The molecule has 0 aliphatic rings. The number of rotatable bonds is 3. The zero-order valence-electron chi connectivity index (χ0n) is 12.7. The van der Waals surface area contributed by atoms with E-state index in [1.54, 1.807) is 12.1 Å². The van der Waals surface area contributed by atoms with Crippen molar-refractivity contribution in [2.45, 2.75) is 30.9 Å². The molecule has 1 atom stereocenters. The Bertz CT molecular complexity index is 951. The third kappa shape index (κ3) is 3.16. The van der Waals surface area contributed by atoms with Gasteiger partial charge in [0.1, 0.15) is 16.5 Å². The van der Waals surface area contributed by atoms with Gasteiger partial charge < -0.3 is 4.98 Å². The molecule has 2 heterocycles. The van der Waals surface area contributed by atoms with E-state index in [1.165, 1.54) is 29.2 Å². The summed E-state index contributed by atoms with van der Waals surface area (Å²) < 4.78 is 13.2. The van der Waals surface area contributed by atoms with Crippen molar-refractivity contribution >= 4 is 44.9 Å². The molecule has 7 heteroatoms. The number of aromatic nitrogens is 2. The third-order valence-corrected chi connectivity index (χ3v) is 6.14. The van der Waals surface area contributed by atoms with Gasteiger partial charge in [0.25, 0.3) is 5.56 Å². The summed E-state index contributed by atoms with van der Waals surface area (Å²) in [6, 6.07) is 4.58. The van der Waals surface area contributed by atoms with Crippen LogP contribution < -0.4 is 5.56 Å². The summed E-state index contributed by atoms with van der Waals surface area (Å²) in [4.78, 5) is 22.4. The number of aryl methyl sites for hydroxylation is 2. The Morgan fingerprint density at radius 1 is 1.39 bits per heavy atom. The highest BCUT2D eigenvalue weighted by atomic mass is 35.5. The van der Waals surface area contributed by atoms with Gasteiger partial charge in [-0.1, -0.05) is 11.6 Å². The van der Waals surface area contributed by atoms with Crippen LogP contribution in [0.15, 0.2) is 27.9 Å². The minimum absolute atomic E-state index is 0.0867. The monoisotopic (exact) mass is 368 g/mol. The molecule has 0 aliphatic carbocycles. The van der Waals surface area contributed by atoms with Crippen molar-refractivity contribution in [1.82, 2.24) is 9.97 Å². The summed E-state index contributed by atoms with van der Waals surface area (Å²) in [5.41, 5.74) is 0.868. The summed E-state index contributed by atoms with van der Waals surface area (Å²) in [6.07, 6.45) is 0. The van der Waals surface area contributed by atoms with Crippen LogP contribution in [-0.2, 0) is 0 Å². The zero-order valence-corrected chi connectivity index (χ0v) is 15.1. The number of thioether (sulfide) groups is 1. The van der Waals surface area contributed by atoms with Crippen LogP contribution in [0.25, 0.3) is 10.2 Å².